The lowest BCUT2D eigenvalue weighted by atomic mass is 10.0. The van der Waals surface area contributed by atoms with Gasteiger partial charge < -0.3 is 10.5 Å². The van der Waals surface area contributed by atoms with Crippen LogP contribution in [0, 0.1) is 5.92 Å². The van der Waals surface area contributed by atoms with Gasteiger partial charge >= 0.3 is 0 Å². The Balaban J connectivity index is 3.70. The molecule has 0 aliphatic rings. The zero-order chi connectivity index (χ0) is 9.56. The van der Waals surface area contributed by atoms with Gasteiger partial charge in [-0.05, 0) is 19.3 Å². The summed E-state index contributed by atoms with van der Waals surface area (Å²) in [6.45, 7) is 7.61. The number of ether oxygens (including phenoxy) is 1. The molecule has 2 atom stereocenters. The Morgan fingerprint density at radius 3 is 2.67 bits per heavy atom. The van der Waals surface area contributed by atoms with Crippen LogP contribution in [0.4, 0.5) is 0 Å². The van der Waals surface area contributed by atoms with Crippen LogP contribution in [0.15, 0.2) is 17.4 Å². The Morgan fingerprint density at radius 2 is 2.25 bits per heavy atom. The molecule has 70 valence electrons. The minimum absolute atomic E-state index is 0.252. The molecule has 0 heterocycles. The van der Waals surface area contributed by atoms with E-state index >= 15 is 0 Å². The zero-order valence-electron chi connectivity index (χ0n) is 8.08. The molecule has 12 heavy (non-hydrogen) atoms. The summed E-state index contributed by atoms with van der Waals surface area (Å²) in [6.07, 6.45) is 2.90. The average Bonchev–Trinajstić information content (AvgIpc) is 2.02. The van der Waals surface area contributed by atoms with Crippen LogP contribution in [-0.2, 0) is 4.74 Å². The van der Waals surface area contributed by atoms with Crippen LogP contribution in [0.3, 0.4) is 0 Å². The lowest BCUT2D eigenvalue weighted by Gasteiger charge is -2.15. The topological polar surface area (TPSA) is 47.6 Å². The number of hydrogen-bond acceptors (Lipinski definition) is 3. The largest absolute Gasteiger partial charge is 0.384 e. The highest BCUT2D eigenvalue weighted by Crippen LogP contribution is 2.08. The quantitative estimate of drug-likeness (QED) is 0.636. The summed E-state index contributed by atoms with van der Waals surface area (Å²) in [6, 6.07) is 0. The molecular weight excluding hydrogens is 152 g/mol. The molecule has 0 amide bonds. The van der Waals surface area contributed by atoms with E-state index in [0.717, 1.165) is 6.42 Å². The van der Waals surface area contributed by atoms with Crippen molar-refractivity contribution in [1.29, 1.82) is 0 Å². The molecule has 0 saturated heterocycles. The maximum atomic E-state index is 5.26. The number of aliphatic imine (C=N–C) groups is 1. The predicted octanol–water partition coefficient (Wildman–Crippen LogP) is 1.55. The van der Waals surface area contributed by atoms with E-state index < -0.39 is 0 Å². The maximum Gasteiger partial charge on any atom is 0.115 e. The molecule has 0 aromatic carbocycles. The molecule has 0 bridgehead atoms. The number of nitrogens with two attached hydrogens (primary N) is 1. The van der Waals surface area contributed by atoms with Crippen LogP contribution in [0.1, 0.15) is 20.3 Å². The standard InChI is InChI=1S/C9H18N2O/c1-7(8(2)12-4)5-6-11-9(3)10/h6-8H,3,5,10H2,1-2,4H3/b11-6-. The van der Waals surface area contributed by atoms with E-state index in [4.69, 9.17) is 10.5 Å². The summed E-state index contributed by atoms with van der Waals surface area (Å²) >= 11 is 0. The van der Waals surface area contributed by atoms with E-state index in [1.165, 1.54) is 0 Å². The van der Waals surface area contributed by atoms with Crippen molar-refractivity contribution >= 4 is 6.21 Å². The van der Waals surface area contributed by atoms with Crippen molar-refractivity contribution in [1.82, 2.24) is 0 Å². The Kier molecular flexibility index (Phi) is 5.37. The van der Waals surface area contributed by atoms with Gasteiger partial charge in [0, 0.05) is 13.3 Å². The van der Waals surface area contributed by atoms with Crippen molar-refractivity contribution in [3.05, 3.63) is 12.4 Å². The van der Waals surface area contributed by atoms with E-state index in [1.807, 2.05) is 6.92 Å². The Morgan fingerprint density at radius 1 is 1.67 bits per heavy atom. The van der Waals surface area contributed by atoms with E-state index in [0.29, 0.717) is 11.7 Å². The van der Waals surface area contributed by atoms with Crippen LogP contribution >= 0.6 is 0 Å². The highest BCUT2D eigenvalue weighted by atomic mass is 16.5. The van der Waals surface area contributed by atoms with Gasteiger partial charge in [-0.1, -0.05) is 13.5 Å². The molecular formula is C9H18N2O. The summed E-state index contributed by atoms with van der Waals surface area (Å²) in [7, 11) is 1.71. The van der Waals surface area contributed by atoms with E-state index in [-0.39, 0.29) is 6.10 Å². The van der Waals surface area contributed by atoms with Gasteiger partial charge in [0.1, 0.15) is 5.82 Å². The van der Waals surface area contributed by atoms with Gasteiger partial charge in [0.25, 0.3) is 0 Å². The summed E-state index contributed by atoms with van der Waals surface area (Å²) in [4.78, 5) is 3.88. The van der Waals surface area contributed by atoms with Gasteiger partial charge in [0.15, 0.2) is 0 Å². The second kappa shape index (κ2) is 5.77. The van der Waals surface area contributed by atoms with Crippen LogP contribution in [-0.4, -0.2) is 19.4 Å². The molecule has 0 spiro atoms. The summed E-state index contributed by atoms with van der Waals surface area (Å²) in [5, 5.41) is 0. The first-order valence-electron chi connectivity index (χ1n) is 4.07. The third-order valence-electron chi connectivity index (χ3n) is 1.91. The number of nitrogens with zero attached hydrogens (tertiary/aromatic N) is 1. The summed E-state index contributed by atoms with van der Waals surface area (Å²) in [5.74, 6) is 0.811. The van der Waals surface area contributed by atoms with Crippen LogP contribution < -0.4 is 5.73 Å². The first-order valence-corrected chi connectivity index (χ1v) is 4.07. The first kappa shape index (κ1) is 11.2. The minimum atomic E-state index is 0.252. The third-order valence-corrected chi connectivity index (χ3v) is 1.91. The molecule has 3 nitrogen and oxygen atoms in total. The predicted molar refractivity (Wildman–Crippen MR) is 52.1 cm³/mol. The second-order valence-electron chi connectivity index (χ2n) is 2.96. The molecule has 0 saturated carbocycles. The molecule has 0 aromatic rings. The molecule has 0 aromatic heterocycles. The monoisotopic (exact) mass is 170 g/mol. The molecule has 0 rings (SSSR count). The smallest absolute Gasteiger partial charge is 0.115 e. The fourth-order valence-corrected chi connectivity index (χ4v) is 0.760. The van der Waals surface area contributed by atoms with Gasteiger partial charge in [0.2, 0.25) is 0 Å². The number of methoxy groups -OCH3 is 1. The van der Waals surface area contributed by atoms with Crippen LogP contribution in [0.25, 0.3) is 0 Å². The Labute approximate surface area is 74.3 Å². The Bertz CT molecular complexity index is 166. The van der Waals surface area contributed by atoms with Gasteiger partial charge in [-0.2, -0.15) is 0 Å². The SMILES string of the molecule is C=C(N)/N=C\CC(C)C(C)OC. The third kappa shape index (κ3) is 4.91. The van der Waals surface area contributed by atoms with Gasteiger partial charge in [-0.3, -0.25) is 0 Å². The van der Waals surface area contributed by atoms with Crippen LogP contribution in [0.2, 0.25) is 0 Å². The molecule has 3 heteroatoms. The van der Waals surface area contributed by atoms with E-state index in [1.54, 1.807) is 13.3 Å². The van der Waals surface area contributed by atoms with Crippen LogP contribution in [0.5, 0.6) is 0 Å². The minimum Gasteiger partial charge on any atom is -0.384 e. The lowest BCUT2D eigenvalue weighted by molar-refractivity contribution is 0.0767. The molecule has 0 aliphatic heterocycles. The van der Waals surface area contributed by atoms with E-state index in [9.17, 15) is 0 Å². The molecule has 0 radical (unpaired) electrons. The Hall–Kier alpha value is -0.830. The normalized spacial score (nSPS) is 16.2. The molecule has 0 fully saturated rings. The van der Waals surface area contributed by atoms with Crippen molar-refractivity contribution in [3.8, 4) is 0 Å². The fourth-order valence-electron chi connectivity index (χ4n) is 0.760. The fraction of sp³-hybridized carbons (Fsp3) is 0.667. The lowest BCUT2D eigenvalue weighted by Crippen LogP contribution is -2.16. The second-order valence-corrected chi connectivity index (χ2v) is 2.96. The first-order chi connectivity index (χ1) is 5.57. The van der Waals surface area contributed by atoms with Gasteiger partial charge in [-0.15, -0.1) is 0 Å². The highest BCUT2D eigenvalue weighted by molar-refractivity contribution is 5.58. The number of rotatable bonds is 5. The van der Waals surface area contributed by atoms with Gasteiger partial charge in [0.05, 0.1) is 6.10 Å². The van der Waals surface area contributed by atoms with Crippen molar-refractivity contribution < 1.29 is 4.74 Å². The van der Waals surface area contributed by atoms with Crippen molar-refractivity contribution in [2.75, 3.05) is 7.11 Å². The van der Waals surface area contributed by atoms with Crippen molar-refractivity contribution in [3.63, 3.8) is 0 Å². The van der Waals surface area contributed by atoms with Gasteiger partial charge in [-0.25, -0.2) is 4.99 Å². The zero-order valence-corrected chi connectivity index (χ0v) is 8.08. The summed E-state index contributed by atoms with van der Waals surface area (Å²) < 4.78 is 5.15. The maximum absolute atomic E-state index is 5.26. The highest BCUT2D eigenvalue weighted by Gasteiger charge is 2.08. The summed E-state index contributed by atoms with van der Waals surface area (Å²) in [5.41, 5.74) is 5.26. The molecule has 0 aliphatic carbocycles. The van der Waals surface area contributed by atoms with E-state index in [2.05, 4.69) is 18.5 Å². The van der Waals surface area contributed by atoms with Crippen molar-refractivity contribution in [2.24, 2.45) is 16.6 Å². The number of hydrogen-bond donors (Lipinski definition) is 1. The molecule has 2 N–H and O–H groups in total. The average molecular weight is 170 g/mol. The van der Waals surface area contributed by atoms with Crippen molar-refractivity contribution in [2.45, 2.75) is 26.4 Å². The molecule has 2 unspecified atom stereocenters.